The molecule has 0 saturated heterocycles. The number of carbonyl (C=O) groups is 3. The summed E-state index contributed by atoms with van der Waals surface area (Å²) in [6, 6.07) is 15.3. The highest BCUT2D eigenvalue weighted by Gasteiger charge is 2.29. The Morgan fingerprint density at radius 1 is 1.11 bits per heavy atom. The van der Waals surface area contributed by atoms with Crippen LogP contribution in [0.2, 0.25) is 0 Å². The first-order valence-electron chi connectivity index (χ1n) is 11.0. The number of nitrogens with one attached hydrogen (secondary N) is 2. The highest BCUT2D eigenvalue weighted by Crippen LogP contribution is 2.44. The van der Waals surface area contributed by atoms with Gasteiger partial charge in [-0.15, -0.1) is 11.3 Å². The third-order valence-corrected chi connectivity index (χ3v) is 7.22. The number of nitrogens with zero attached hydrogens (tertiary/aromatic N) is 1. The first-order valence-corrected chi connectivity index (χ1v) is 13.3. The molecule has 1 heterocycles. The fraction of sp³-hybridized carbons (Fsp3) is 0.280. The molecule has 0 saturated carbocycles. The first kappa shape index (κ1) is 24.7. The van der Waals surface area contributed by atoms with Crippen molar-refractivity contribution in [1.29, 1.82) is 0 Å². The van der Waals surface area contributed by atoms with Crippen LogP contribution in [0, 0.1) is 0 Å². The van der Waals surface area contributed by atoms with Crippen molar-refractivity contribution in [1.82, 2.24) is 15.6 Å². The van der Waals surface area contributed by atoms with E-state index in [9.17, 15) is 19.5 Å². The van der Waals surface area contributed by atoms with Crippen LogP contribution in [0.4, 0.5) is 4.79 Å². The zero-order valence-corrected chi connectivity index (χ0v) is 20.7. The summed E-state index contributed by atoms with van der Waals surface area (Å²) in [5.41, 5.74) is 4.70. The quantitative estimate of drug-likeness (QED) is 0.375. The van der Waals surface area contributed by atoms with Crippen LogP contribution in [0.25, 0.3) is 11.1 Å². The molecule has 4 rings (SSSR count). The maximum atomic E-state index is 12.4. The molecule has 3 N–H and O–H groups in total. The number of ether oxygens (including phenoxy) is 1. The number of aliphatic carboxylic acids is 1. The average molecular weight is 512 g/mol. The summed E-state index contributed by atoms with van der Waals surface area (Å²) >= 11 is 2.71. The van der Waals surface area contributed by atoms with Crippen LogP contribution in [-0.4, -0.2) is 52.7 Å². The van der Waals surface area contributed by atoms with E-state index in [-0.39, 0.29) is 24.8 Å². The molecule has 3 aromatic rings. The van der Waals surface area contributed by atoms with Crippen LogP contribution in [-0.2, 0) is 16.1 Å². The number of aromatic nitrogens is 1. The standard InChI is InChI=1S/C25H25N3O5S2/c1-34-11-10-20(24(30)31)28-23(29)21-14-35-22(27-21)12-26-25(32)33-13-19-17-8-4-2-6-15(17)16-7-3-5-9-18(16)19/h2-9,14,19-20H,10-13H2,1H3,(H,26,32)(H,28,29)(H,30,31)/t20-/m1/s1. The number of amides is 2. The van der Waals surface area contributed by atoms with E-state index in [1.165, 1.54) is 28.5 Å². The zero-order chi connectivity index (χ0) is 24.8. The summed E-state index contributed by atoms with van der Waals surface area (Å²) < 4.78 is 5.51. The SMILES string of the molecule is CSCC[C@@H](NC(=O)c1csc(CNC(=O)OCC2c3ccccc3-c3ccccc32)n1)C(=O)O. The number of carbonyl (C=O) groups excluding carboxylic acids is 2. The Balaban J connectivity index is 1.29. The zero-order valence-electron chi connectivity index (χ0n) is 19.0. The molecule has 35 heavy (non-hydrogen) atoms. The van der Waals surface area contributed by atoms with Crippen LogP contribution in [0.5, 0.6) is 0 Å². The van der Waals surface area contributed by atoms with Gasteiger partial charge in [-0.25, -0.2) is 14.6 Å². The molecule has 0 spiro atoms. The van der Waals surface area contributed by atoms with E-state index >= 15 is 0 Å². The summed E-state index contributed by atoms with van der Waals surface area (Å²) in [7, 11) is 0. The van der Waals surface area contributed by atoms with Gasteiger partial charge < -0.3 is 20.5 Å². The molecule has 2 amide bonds. The van der Waals surface area contributed by atoms with Gasteiger partial charge in [-0.05, 0) is 40.7 Å². The van der Waals surface area contributed by atoms with Crippen LogP contribution >= 0.6 is 23.1 Å². The molecule has 0 bridgehead atoms. The van der Waals surface area contributed by atoms with Gasteiger partial charge >= 0.3 is 12.1 Å². The molecule has 0 unspecified atom stereocenters. The van der Waals surface area contributed by atoms with Crippen LogP contribution in [0.1, 0.15) is 39.0 Å². The maximum absolute atomic E-state index is 12.4. The molecule has 182 valence electrons. The van der Waals surface area contributed by atoms with Gasteiger partial charge in [0.1, 0.15) is 23.4 Å². The van der Waals surface area contributed by atoms with Gasteiger partial charge in [0, 0.05) is 11.3 Å². The highest BCUT2D eigenvalue weighted by molar-refractivity contribution is 7.98. The first-order chi connectivity index (χ1) is 17.0. The van der Waals surface area contributed by atoms with Crippen molar-refractivity contribution in [2.75, 3.05) is 18.6 Å². The second-order valence-electron chi connectivity index (χ2n) is 7.95. The number of hydrogen-bond acceptors (Lipinski definition) is 7. The minimum Gasteiger partial charge on any atom is -0.480 e. The number of benzene rings is 2. The molecule has 1 aliphatic carbocycles. The predicted octanol–water partition coefficient (Wildman–Crippen LogP) is 4.12. The topological polar surface area (TPSA) is 118 Å². The number of alkyl carbamates (subject to hydrolysis) is 1. The van der Waals surface area contributed by atoms with Gasteiger partial charge in [0.15, 0.2) is 0 Å². The third-order valence-electron chi connectivity index (χ3n) is 5.73. The van der Waals surface area contributed by atoms with Crippen molar-refractivity contribution >= 4 is 41.1 Å². The van der Waals surface area contributed by atoms with Gasteiger partial charge in [0.05, 0.1) is 6.54 Å². The Morgan fingerprint density at radius 2 is 1.77 bits per heavy atom. The summed E-state index contributed by atoms with van der Waals surface area (Å²) in [4.78, 5) is 40.3. The monoisotopic (exact) mass is 511 g/mol. The lowest BCUT2D eigenvalue weighted by molar-refractivity contribution is -0.139. The Labute approximate surface area is 211 Å². The van der Waals surface area contributed by atoms with Gasteiger partial charge in [-0.2, -0.15) is 11.8 Å². The number of thiazole rings is 1. The number of rotatable bonds is 10. The lowest BCUT2D eigenvalue weighted by Crippen LogP contribution is -2.41. The van der Waals surface area contributed by atoms with Gasteiger partial charge in [0.2, 0.25) is 0 Å². The average Bonchev–Trinajstić information content (AvgIpc) is 3.47. The van der Waals surface area contributed by atoms with Crippen molar-refractivity contribution in [3.63, 3.8) is 0 Å². The number of carboxylic acid groups (broad SMARTS) is 1. The van der Waals surface area contributed by atoms with Crippen molar-refractivity contribution in [3.05, 3.63) is 75.7 Å². The van der Waals surface area contributed by atoms with Crippen LogP contribution < -0.4 is 10.6 Å². The molecule has 8 nitrogen and oxygen atoms in total. The van der Waals surface area contributed by atoms with E-state index in [4.69, 9.17) is 4.74 Å². The summed E-state index contributed by atoms with van der Waals surface area (Å²) in [5, 5.41) is 16.5. The minimum absolute atomic E-state index is 0.0309. The minimum atomic E-state index is -1.08. The van der Waals surface area contributed by atoms with Crippen LogP contribution in [0.3, 0.4) is 0 Å². The van der Waals surface area contributed by atoms with Crippen molar-refractivity contribution in [2.45, 2.75) is 24.9 Å². The molecule has 1 aromatic heterocycles. The number of carboxylic acids is 1. The fourth-order valence-corrected chi connectivity index (χ4v) is 5.20. The number of hydrogen-bond donors (Lipinski definition) is 3. The molecular weight excluding hydrogens is 486 g/mol. The Kier molecular flexibility index (Phi) is 8.04. The Bertz CT molecular complexity index is 1180. The molecule has 1 aliphatic rings. The third kappa shape index (κ3) is 5.83. The van der Waals surface area contributed by atoms with Crippen LogP contribution in [0.15, 0.2) is 53.9 Å². The second kappa shape index (κ2) is 11.4. The Morgan fingerprint density at radius 3 is 2.40 bits per heavy atom. The molecule has 2 aromatic carbocycles. The molecular formula is C25H25N3O5S2. The largest absolute Gasteiger partial charge is 0.480 e. The number of thioether (sulfide) groups is 1. The maximum Gasteiger partial charge on any atom is 0.407 e. The molecule has 0 aliphatic heterocycles. The predicted molar refractivity (Wildman–Crippen MR) is 136 cm³/mol. The van der Waals surface area contributed by atoms with E-state index in [1.54, 1.807) is 0 Å². The molecule has 10 heteroatoms. The lowest BCUT2D eigenvalue weighted by atomic mass is 9.98. The second-order valence-corrected chi connectivity index (χ2v) is 9.88. The van der Waals surface area contributed by atoms with Crippen molar-refractivity contribution < 1.29 is 24.2 Å². The summed E-state index contributed by atoms with van der Waals surface area (Å²) in [6.07, 6.45) is 1.62. The van der Waals surface area contributed by atoms with E-state index in [1.807, 2.05) is 30.5 Å². The Hall–Kier alpha value is -3.37. The fourth-order valence-electron chi connectivity index (χ4n) is 4.02. The van der Waals surface area contributed by atoms with E-state index in [0.29, 0.717) is 17.2 Å². The molecule has 0 radical (unpaired) electrons. The summed E-state index contributed by atoms with van der Waals surface area (Å²) in [6.45, 7) is 0.307. The summed E-state index contributed by atoms with van der Waals surface area (Å²) in [5.74, 6) is -1.05. The normalized spacial score (nSPS) is 12.9. The van der Waals surface area contributed by atoms with Crippen molar-refractivity contribution in [3.8, 4) is 11.1 Å². The molecule has 1 atom stereocenters. The highest BCUT2D eigenvalue weighted by atomic mass is 32.2. The van der Waals surface area contributed by atoms with E-state index in [2.05, 4.69) is 39.9 Å². The van der Waals surface area contributed by atoms with E-state index in [0.717, 1.165) is 22.3 Å². The van der Waals surface area contributed by atoms with Crippen molar-refractivity contribution in [2.24, 2.45) is 0 Å². The number of fused-ring (bicyclic) bond motifs is 3. The van der Waals surface area contributed by atoms with Gasteiger partial charge in [-0.3, -0.25) is 4.79 Å². The molecule has 0 fully saturated rings. The van der Waals surface area contributed by atoms with E-state index < -0.39 is 24.0 Å². The lowest BCUT2D eigenvalue weighted by Gasteiger charge is -2.14. The van der Waals surface area contributed by atoms with Gasteiger partial charge in [0.25, 0.3) is 5.91 Å². The van der Waals surface area contributed by atoms with Gasteiger partial charge in [-0.1, -0.05) is 48.5 Å². The smallest absolute Gasteiger partial charge is 0.407 e.